The minimum Gasteiger partial charge on any atom is -0.410 e. The van der Waals surface area contributed by atoms with Gasteiger partial charge in [0.25, 0.3) is 0 Å². The van der Waals surface area contributed by atoms with Crippen LogP contribution in [0.3, 0.4) is 0 Å². The van der Waals surface area contributed by atoms with Crippen LogP contribution < -0.4 is 4.74 Å². The Morgan fingerprint density at radius 3 is 2.31 bits per heavy atom. The Kier molecular flexibility index (Phi) is 8.19. The molecule has 6 nitrogen and oxygen atoms in total. The number of rotatable bonds is 5. The predicted octanol–water partition coefficient (Wildman–Crippen LogP) is 5.76. The van der Waals surface area contributed by atoms with Gasteiger partial charge in [-0.05, 0) is 67.6 Å². The second kappa shape index (κ2) is 11.1. The van der Waals surface area contributed by atoms with E-state index in [0.717, 1.165) is 31.2 Å². The zero-order chi connectivity index (χ0) is 25.1. The van der Waals surface area contributed by atoms with Crippen LogP contribution in [0.4, 0.5) is 9.18 Å². The van der Waals surface area contributed by atoms with E-state index in [0.29, 0.717) is 23.1 Å². The molecule has 2 aromatic rings. The molecule has 2 unspecified atom stereocenters. The van der Waals surface area contributed by atoms with Gasteiger partial charge in [0.2, 0.25) is 5.91 Å². The van der Waals surface area contributed by atoms with Gasteiger partial charge in [0.05, 0.1) is 22.2 Å². The molecule has 0 bridgehead atoms. The van der Waals surface area contributed by atoms with Crippen molar-refractivity contribution in [2.24, 2.45) is 5.92 Å². The minimum atomic E-state index is -0.582. The maximum atomic E-state index is 13.4. The molecule has 0 radical (unpaired) electrons. The summed E-state index contributed by atoms with van der Waals surface area (Å²) in [5.74, 6) is -0.286. The molecule has 2 atom stereocenters. The second-order valence-electron chi connectivity index (χ2n) is 9.23. The Hall–Kier alpha value is -2.35. The van der Waals surface area contributed by atoms with Crippen LogP contribution in [0.25, 0.3) is 0 Å². The molecule has 0 aromatic heterocycles. The van der Waals surface area contributed by atoms with Gasteiger partial charge in [0.15, 0.2) is 0 Å². The smallest absolute Gasteiger partial charge is 0.410 e. The number of hydrogen-bond donors (Lipinski definition) is 0. The summed E-state index contributed by atoms with van der Waals surface area (Å²) in [5.41, 5.74) is 0.893. The van der Waals surface area contributed by atoms with E-state index in [2.05, 4.69) is 0 Å². The summed E-state index contributed by atoms with van der Waals surface area (Å²) < 4.78 is 24.1. The fourth-order valence-electron chi connectivity index (χ4n) is 5.04. The molecular formula is C26H29Cl2FN2O4. The topological polar surface area (TPSA) is 59.1 Å². The van der Waals surface area contributed by atoms with Gasteiger partial charge in [-0.1, -0.05) is 29.3 Å². The average Bonchev–Trinajstić information content (AvgIpc) is 3.31. The van der Waals surface area contributed by atoms with Gasteiger partial charge in [0.1, 0.15) is 11.6 Å². The number of methoxy groups -OCH3 is 1. The summed E-state index contributed by atoms with van der Waals surface area (Å²) in [6, 6.07) is 10.3. The highest BCUT2D eigenvalue weighted by Crippen LogP contribution is 2.36. The first-order valence-corrected chi connectivity index (χ1v) is 12.5. The number of carbonyl (C=O) groups excluding carboxylic acids is 2. The Balaban J connectivity index is 1.53. The summed E-state index contributed by atoms with van der Waals surface area (Å²) in [5, 5.41) is 0.860. The average molecular weight is 523 g/mol. The first-order valence-electron chi connectivity index (χ1n) is 11.7. The number of amides is 2. The van der Waals surface area contributed by atoms with Crippen LogP contribution in [0.1, 0.15) is 37.2 Å². The number of benzene rings is 2. The lowest BCUT2D eigenvalue weighted by atomic mass is 9.86. The quantitative estimate of drug-likeness (QED) is 0.500. The third kappa shape index (κ3) is 5.90. The maximum Gasteiger partial charge on any atom is 0.415 e. The fraction of sp³-hybridized carbons (Fsp3) is 0.462. The molecule has 2 amide bonds. The van der Waals surface area contributed by atoms with Crippen LogP contribution in [-0.4, -0.2) is 61.2 Å². The highest BCUT2D eigenvalue weighted by atomic mass is 35.5. The molecule has 188 valence electrons. The van der Waals surface area contributed by atoms with Crippen molar-refractivity contribution in [3.8, 4) is 5.75 Å². The van der Waals surface area contributed by atoms with Crippen molar-refractivity contribution < 1.29 is 23.5 Å². The Morgan fingerprint density at radius 2 is 1.69 bits per heavy atom. The van der Waals surface area contributed by atoms with Gasteiger partial charge in [-0.3, -0.25) is 4.79 Å². The number of ether oxygens (including phenoxy) is 2. The maximum absolute atomic E-state index is 13.4. The Labute approximate surface area is 214 Å². The molecule has 0 N–H and O–H groups in total. The number of nitrogens with zero attached hydrogens (tertiary/aromatic N) is 2. The van der Waals surface area contributed by atoms with Crippen LogP contribution in [0, 0.1) is 11.7 Å². The summed E-state index contributed by atoms with van der Waals surface area (Å²) in [6.45, 7) is 0.836. The molecule has 1 aliphatic carbocycles. The summed E-state index contributed by atoms with van der Waals surface area (Å²) in [7, 11) is 3.36. The molecular weight excluding hydrogens is 494 g/mol. The summed E-state index contributed by atoms with van der Waals surface area (Å²) in [6.07, 6.45) is 2.94. The standard InChI is InChI=1S/C26H29Cl2FN2O4/c1-30(26(33)35-20-10-6-18(29)7-11-20)24-15-31(25(32)16-3-8-19(34-2)9-4-16)14-21(24)17-5-12-22(27)23(28)13-17/h5-7,10-13,16,19,21,24H,3-4,8-9,14-15H2,1-2H3. The first-order chi connectivity index (χ1) is 16.8. The molecule has 2 aliphatic rings. The van der Waals surface area contributed by atoms with E-state index in [1.54, 1.807) is 26.3 Å². The lowest BCUT2D eigenvalue weighted by Gasteiger charge is -2.30. The highest BCUT2D eigenvalue weighted by Gasteiger charge is 2.42. The number of hydrogen-bond acceptors (Lipinski definition) is 4. The lowest BCUT2D eigenvalue weighted by Crippen LogP contribution is -2.44. The summed E-state index contributed by atoms with van der Waals surface area (Å²) in [4.78, 5) is 29.7. The predicted molar refractivity (Wildman–Crippen MR) is 133 cm³/mol. The van der Waals surface area contributed by atoms with E-state index in [4.69, 9.17) is 32.7 Å². The molecule has 2 aromatic carbocycles. The van der Waals surface area contributed by atoms with Gasteiger partial charge in [-0.15, -0.1) is 0 Å². The minimum absolute atomic E-state index is 0.0499. The molecule has 9 heteroatoms. The monoisotopic (exact) mass is 522 g/mol. The molecule has 35 heavy (non-hydrogen) atoms. The van der Waals surface area contributed by atoms with Gasteiger partial charge in [-0.2, -0.15) is 0 Å². The van der Waals surface area contributed by atoms with Crippen molar-refractivity contribution in [1.29, 1.82) is 0 Å². The SMILES string of the molecule is COC1CCC(C(=O)N2CC(c3ccc(Cl)c(Cl)c3)C(N(C)C(=O)Oc3ccc(F)cc3)C2)CC1. The van der Waals surface area contributed by atoms with Crippen molar-refractivity contribution in [3.05, 3.63) is 63.9 Å². The Morgan fingerprint density at radius 1 is 1.00 bits per heavy atom. The number of likely N-dealkylation sites (tertiary alicyclic amines) is 1. The molecule has 1 heterocycles. The zero-order valence-corrected chi connectivity index (χ0v) is 21.3. The van der Waals surface area contributed by atoms with Crippen LogP contribution in [0.15, 0.2) is 42.5 Å². The van der Waals surface area contributed by atoms with Crippen LogP contribution in [0.2, 0.25) is 10.0 Å². The van der Waals surface area contributed by atoms with Crippen LogP contribution in [0.5, 0.6) is 5.75 Å². The second-order valence-corrected chi connectivity index (χ2v) is 10.0. The molecule has 1 aliphatic heterocycles. The van der Waals surface area contributed by atoms with E-state index < -0.39 is 11.9 Å². The third-order valence-electron chi connectivity index (χ3n) is 7.13. The molecule has 2 fully saturated rings. The molecule has 4 rings (SSSR count). The zero-order valence-electron chi connectivity index (χ0n) is 19.8. The van der Waals surface area contributed by atoms with Crippen molar-refractivity contribution in [2.45, 2.75) is 43.7 Å². The lowest BCUT2D eigenvalue weighted by molar-refractivity contribution is -0.136. The fourth-order valence-corrected chi connectivity index (χ4v) is 5.35. The van der Waals surface area contributed by atoms with E-state index in [1.807, 2.05) is 11.0 Å². The number of carbonyl (C=O) groups is 2. The van der Waals surface area contributed by atoms with Crippen molar-refractivity contribution in [1.82, 2.24) is 9.80 Å². The van der Waals surface area contributed by atoms with Gasteiger partial charge in [-0.25, -0.2) is 9.18 Å². The van der Waals surface area contributed by atoms with Crippen molar-refractivity contribution in [3.63, 3.8) is 0 Å². The van der Waals surface area contributed by atoms with Crippen molar-refractivity contribution in [2.75, 3.05) is 27.2 Å². The third-order valence-corrected chi connectivity index (χ3v) is 7.87. The first kappa shape index (κ1) is 25.7. The van der Waals surface area contributed by atoms with Crippen LogP contribution in [-0.2, 0) is 9.53 Å². The normalized spacial score (nSPS) is 24.3. The van der Waals surface area contributed by atoms with E-state index in [1.165, 1.54) is 29.2 Å². The van der Waals surface area contributed by atoms with Gasteiger partial charge >= 0.3 is 6.09 Å². The largest absolute Gasteiger partial charge is 0.415 e. The van der Waals surface area contributed by atoms with Crippen LogP contribution >= 0.6 is 23.2 Å². The van der Waals surface area contributed by atoms with Gasteiger partial charge in [0, 0.05) is 39.1 Å². The van der Waals surface area contributed by atoms with Crippen molar-refractivity contribution >= 4 is 35.2 Å². The number of likely N-dealkylation sites (N-methyl/N-ethyl adjacent to an activating group) is 1. The van der Waals surface area contributed by atoms with E-state index >= 15 is 0 Å². The molecule has 0 spiro atoms. The summed E-state index contributed by atoms with van der Waals surface area (Å²) >= 11 is 12.4. The highest BCUT2D eigenvalue weighted by molar-refractivity contribution is 6.42. The molecule has 1 saturated heterocycles. The van der Waals surface area contributed by atoms with Gasteiger partial charge < -0.3 is 19.3 Å². The van der Waals surface area contributed by atoms with E-state index in [9.17, 15) is 14.0 Å². The molecule has 1 saturated carbocycles. The Bertz CT molecular complexity index is 1060. The van der Waals surface area contributed by atoms with E-state index in [-0.39, 0.29) is 35.6 Å². The number of halogens is 3.